The third kappa shape index (κ3) is 4.26. The highest BCUT2D eigenvalue weighted by Gasteiger charge is 2.12. The molecule has 2 aromatic heterocycles. The summed E-state index contributed by atoms with van der Waals surface area (Å²) in [5.41, 5.74) is 5.91. The molecule has 0 bridgehead atoms. The van der Waals surface area contributed by atoms with E-state index in [1.54, 1.807) is 11.3 Å². The topological polar surface area (TPSA) is 34.0 Å². The predicted octanol–water partition coefficient (Wildman–Crippen LogP) is 5.58. The van der Waals surface area contributed by atoms with E-state index in [0.717, 1.165) is 23.6 Å². The van der Waals surface area contributed by atoms with Crippen molar-refractivity contribution in [1.82, 2.24) is 19.4 Å². The van der Waals surface area contributed by atoms with E-state index < -0.39 is 0 Å². The molecule has 1 fully saturated rings. The number of para-hydroxylation sites is 2. The summed E-state index contributed by atoms with van der Waals surface area (Å²) < 4.78 is 2.20. The number of aromatic nitrogens is 3. The Morgan fingerprint density at radius 3 is 2.48 bits per heavy atom. The van der Waals surface area contributed by atoms with Gasteiger partial charge in [-0.2, -0.15) is 0 Å². The van der Waals surface area contributed by atoms with Gasteiger partial charge in [0.2, 0.25) is 0 Å². The molecule has 29 heavy (non-hydrogen) atoms. The first-order valence-electron chi connectivity index (χ1n) is 10.5. The van der Waals surface area contributed by atoms with E-state index in [1.165, 1.54) is 61.1 Å². The SMILES string of the molecule is c1ccc2c(c1)ncn2Cc1ccc(-c2nc(CN3CCCCCC3)cs2)cc1. The van der Waals surface area contributed by atoms with Gasteiger partial charge in [-0.05, 0) is 43.6 Å². The number of fused-ring (bicyclic) bond motifs is 1. The van der Waals surface area contributed by atoms with Crippen LogP contribution in [0.15, 0.2) is 60.2 Å². The number of likely N-dealkylation sites (tertiary alicyclic amines) is 1. The van der Waals surface area contributed by atoms with Crippen molar-refractivity contribution in [2.45, 2.75) is 38.8 Å². The van der Waals surface area contributed by atoms with Crippen LogP contribution in [0.5, 0.6) is 0 Å². The maximum Gasteiger partial charge on any atom is 0.123 e. The number of rotatable bonds is 5. The lowest BCUT2D eigenvalue weighted by Gasteiger charge is -2.17. The molecule has 1 aliphatic rings. The molecule has 3 heterocycles. The van der Waals surface area contributed by atoms with E-state index >= 15 is 0 Å². The fraction of sp³-hybridized carbons (Fsp3) is 0.333. The van der Waals surface area contributed by atoms with Gasteiger partial charge >= 0.3 is 0 Å². The first-order chi connectivity index (χ1) is 14.3. The fourth-order valence-corrected chi connectivity index (χ4v) is 4.94. The molecule has 5 rings (SSSR count). The van der Waals surface area contributed by atoms with E-state index in [2.05, 4.69) is 62.3 Å². The third-order valence-electron chi connectivity index (χ3n) is 5.72. The molecule has 0 atom stereocenters. The van der Waals surface area contributed by atoms with Crippen molar-refractivity contribution in [3.05, 3.63) is 71.5 Å². The Hall–Kier alpha value is -2.50. The molecule has 0 spiro atoms. The van der Waals surface area contributed by atoms with Crippen LogP contribution in [0.1, 0.15) is 36.9 Å². The molecule has 0 aliphatic carbocycles. The Kier molecular flexibility index (Phi) is 5.41. The van der Waals surface area contributed by atoms with Gasteiger partial charge in [0, 0.05) is 24.0 Å². The van der Waals surface area contributed by atoms with Crippen LogP contribution in [-0.2, 0) is 13.1 Å². The van der Waals surface area contributed by atoms with Gasteiger partial charge in [0.05, 0.1) is 23.1 Å². The smallest absolute Gasteiger partial charge is 0.123 e. The lowest BCUT2D eigenvalue weighted by molar-refractivity contribution is 0.274. The summed E-state index contributed by atoms with van der Waals surface area (Å²) in [6.07, 6.45) is 7.32. The number of imidazole rings is 1. The van der Waals surface area contributed by atoms with E-state index in [4.69, 9.17) is 4.98 Å². The van der Waals surface area contributed by atoms with Crippen molar-refractivity contribution in [2.75, 3.05) is 13.1 Å². The summed E-state index contributed by atoms with van der Waals surface area (Å²) in [5, 5.41) is 3.35. The maximum atomic E-state index is 4.91. The highest BCUT2D eigenvalue weighted by Crippen LogP contribution is 2.25. The first-order valence-corrected chi connectivity index (χ1v) is 11.4. The van der Waals surface area contributed by atoms with Crippen molar-refractivity contribution in [3.63, 3.8) is 0 Å². The number of thiazole rings is 1. The summed E-state index contributed by atoms with van der Waals surface area (Å²) in [7, 11) is 0. The summed E-state index contributed by atoms with van der Waals surface area (Å²) in [6.45, 7) is 4.25. The molecule has 2 aromatic carbocycles. The summed E-state index contributed by atoms with van der Waals surface area (Å²) in [6, 6.07) is 17.1. The molecule has 0 saturated carbocycles. The maximum absolute atomic E-state index is 4.91. The Morgan fingerprint density at radius 1 is 0.862 bits per heavy atom. The number of nitrogens with zero attached hydrogens (tertiary/aromatic N) is 4. The van der Waals surface area contributed by atoms with Crippen LogP contribution in [-0.4, -0.2) is 32.5 Å². The third-order valence-corrected chi connectivity index (χ3v) is 6.66. The molecule has 4 aromatic rings. The van der Waals surface area contributed by atoms with Gasteiger partial charge in [-0.1, -0.05) is 49.2 Å². The van der Waals surface area contributed by atoms with Crippen LogP contribution in [0.25, 0.3) is 21.6 Å². The van der Waals surface area contributed by atoms with Crippen molar-refractivity contribution < 1.29 is 0 Å². The number of benzene rings is 2. The quantitative estimate of drug-likeness (QED) is 0.437. The van der Waals surface area contributed by atoms with Gasteiger partial charge in [-0.3, -0.25) is 4.90 Å². The van der Waals surface area contributed by atoms with E-state index in [0.29, 0.717) is 0 Å². The monoisotopic (exact) mass is 402 g/mol. The normalized spacial score (nSPS) is 15.6. The molecule has 0 amide bonds. The highest BCUT2D eigenvalue weighted by atomic mass is 32.1. The van der Waals surface area contributed by atoms with Crippen LogP contribution in [0.2, 0.25) is 0 Å². The lowest BCUT2D eigenvalue weighted by Crippen LogP contribution is -2.24. The molecular formula is C24H26N4S. The van der Waals surface area contributed by atoms with Crippen LogP contribution in [0.4, 0.5) is 0 Å². The molecule has 5 heteroatoms. The zero-order valence-electron chi connectivity index (χ0n) is 16.6. The zero-order chi connectivity index (χ0) is 19.5. The van der Waals surface area contributed by atoms with Crippen LogP contribution >= 0.6 is 11.3 Å². The van der Waals surface area contributed by atoms with Gasteiger partial charge in [0.15, 0.2) is 0 Å². The Bertz CT molecular complexity index is 1070. The van der Waals surface area contributed by atoms with Crippen molar-refractivity contribution in [1.29, 1.82) is 0 Å². The fourth-order valence-electron chi connectivity index (χ4n) is 4.12. The average Bonchev–Trinajstić information content (AvgIpc) is 3.30. The van der Waals surface area contributed by atoms with E-state index in [1.807, 2.05) is 12.4 Å². The van der Waals surface area contributed by atoms with Crippen LogP contribution in [0.3, 0.4) is 0 Å². The zero-order valence-corrected chi connectivity index (χ0v) is 17.4. The molecule has 148 valence electrons. The van der Waals surface area contributed by atoms with Crippen molar-refractivity contribution in [3.8, 4) is 10.6 Å². The van der Waals surface area contributed by atoms with Gasteiger partial charge in [-0.15, -0.1) is 11.3 Å². The summed E-state index contributed by atoms with van der Waals surface area (Å²) in [4.78, 5) is 12.0. The molecule has 1 saturated heterocycles. The molecule has 1 aliphatic heterocycles. The Labute approximate surface area is 175 Å². The van der Waals surface area contributed by atoms with Crippen LogP contribution in [0, 0.1) is 0 Å². The standard InChI is InChI=1S/C24H26N4S/c1-2-6-14-27(13-5-1)16-21-17-29-24(26-21)20-11-9-19(10-12-20)15-28-18-25-22-7-3-4-8-23(22)28/h3-4,7-12,17-18H,1-2,5-6,13-16H2. The highest BCUT2D eigenvalue weighted by molar-refractivity contribution is 7.13. The minimum atomic E-state index is 0.832. The van der Waals surface area contributed by atoms with Gasteiger partial charge in [-0.25, -0.2) is 9.97 Å². The minimum absolute atomic E-state index is 0.832. The average molecular weight is 403 g/mol. The van der Waals surface area contributed by atoms with Gasteiger partial charge in [0.1, 0.15) is 5.01 Å². The van der Waals surface area contributed by atoms with Crippen LogP contribution < -0.4 is 0 Å². The van der Waals surface area contributed by atoms with E-state index in [-0.39, 0.29) is 0 Å². The second kappa shape index (κ2) is 8.47. The Balaban J connectivity index is 1.27. The van der Waals surface area contributed by atoms with Gasteiger partial charge in [0.25, 0.3) is 0 Å². The largest absolute Gasteiger partial charge is 0.326 e. The number of hydrogen-bond acceptors (Lipinski definition) is 4. The minimum Gasteiger partial charge on any atom is -0.326 e. The summed E-state index contributed by atoms with van der Waals surface area (Å²) in [5.74, 6) is 0. The molecule has 0 N–H and O–H groups in total. The molecule has 0 unspecified atom stereocenters. The summed E-state index contributed by atoms with van der Waals surface area (Å²) >= 11 is 1.76. The molecular weight excluding hydrogens is 376 g/mol. The van der Waals surface area contributed by atoms with Crippen molar-refractivity contribution >= 4 is 22.4 Å². The second-order valence-electron chi connectivity index (χ2n) is 7.89. The predicted molar refractivity (Wildman–Crippen MR) is 120 cm³/mol. The second-order valence-corrected chi connectivity index (χ2v) is 8.75. The number of hydrogen-bond donors (Lipinski definition) is 0. The van der Waals surface area contributed by atoms with Crippen molar-refractivity contribution in [2.24, 2.45) is 0 Å². The first kappa shape index (κ1) is 18.5. The molecule has 0 radical (unpaired) electrons. The molecule has 4 nitrogen and oxygen atoms in total. The Morgan fingerprint density at radius 2 is 1.66 bits per heavy atom. The van der Waals surface area contributed by atoms with Gasteiger partial charge < -0.3 is 4.57 Å². The van der Waals surface area contributed by atoms with E-state index in [9.17, 15) is 0 Å². The lowest BCUT2D eigenvalue weighted by atomic mass is 10.1.